The quantitative estimate of drug-likeness (QED) is 0.838. The van der Waals surface area contributed by atoms with Crippen molar-refractivity contribution in [2.45, 2.75) is 13.5 Å². The lowest BCUT2D eigenvalue weighted by Crippen LogP contribution is -2.28. The molecule has 0 unspecified atom stereocenters. The van der Waals surface area contributed by atoms with Gasteiger partial charge in [0.2, 0.25) is 5.91 Å². The van der Waals surface area contributed by atoms with E-state index in [0.29, 0.717) is 16.2 Å². The van der Waals surface area contributed by atoms with Crippen molar-refractivity contribution in [1.82, 2.24) is 4.57 Å². The van der Waals surface area contributed by atoms with E-state index in [4.69, 9.17) is 18.0 Å². The number of carbonyl (C=O) groups is 1. The van der Waals surface area contributed by atoms with Gasteiger partial charge in [-0.05, 0) is 37.3 Å². The lowest BCUT2D eigenvalue weighted by molar-refractivity contribution is -0.116. The van der Waals surface area contributed by atoms with Crippen molar-refractivity contribution >= 4 is 28.8 Å². The Morgan fingerprint density at radius 1 is 1.29 bits per heavy atom. The van der Waals surface area contributed by atoms with Crippen LogP contribution in [0.15, 0.2) is 47.4 Å². The third-order valence-corrected chi connectivity index (χ3v) is 3.21. The topological polar surface area (TPSA) is 77.1 Å². The normalized spacial score (nSPS) is 10.1. The van der Waals surface area contributed by atoms with Crippen molar-refractivity contribution in [3.05, 3.63) is 64.1 Å². The van der Waals surface area contributed by atoms with E-state index in [-0.39, 0.29) is 18.0 Å². The third kappa shape index (κ3) is 3.76. The number of nitrogens with two attached hydrogens (primary N) is 1. The first-order valence-electron chi connectivity index (χ1n) is 6.33. The number of hydrogen-bond acceptors (Lipinski definition) is 3. The zero-order valence-electron chi connectivity index (χ0n) is 11.5. The minimum Gasteiger partial charge on any atom is -0.389 e. The molecule has 0 fully saturated rings. The molecular formula is C15H15N3O2S. The highest BCUT2D eigenvalue weighted by Gasteiger charge is 2.06. The molecule has 108 valence electrons. The highest BCUT2D eigenvalue weighted by molar-refractivity contribution is 7.80. The first kappa shape index (κ1) is 14.9. The van der Waals surface area contributed by atoms with Gasteiger partial charge < -0.3 is 15.6 Å². The van der Waals surface area contributed by atoms with Gasteiger partial charge in [-0.3, -0.25) is 9.59 Å². The molecular weight excluding hydrogens is 286 g/mol. The number of hydrogen-bond donors (Lipinski definition) is 2. The molecule has 1 heterocycles. The van der Waals surface area contributed by atoms with E-state index in [2.05, 4.69) is 5.32 Å². The number of aromatic nitrogens is 1. The van der Waals surface area contributed by atoms with E-state index in [1.54, 1.807) is 49.5 Å². The number of amides is 1. The molecule has 2 rings (SSSR count). The Balaban J connectivity index is 2.06. The van der Waals surface area contributed by atoms with Crippen LogP contribution in [-0.4, -0.2) is 15.5 Å². The fourth-order valence-electron chi connectivity index (χ4n) is 1.85. The van der Waals surface area contributed by atoms with Crippen molar-refractivity contribution < 1.29 is 4.79 Å². The average molecular weight is 301 g/mol. The summed E-state index contributed by atoms with van der Waals surface area (Å²) in [6, 6.07) is 10.3. The maximum Gasteiger partial charge on any atom is 0.253 e. The second-order valence-electron chi connectivity index (χ2n) is 4.61. The van der Waals surface area contributed by atoms with Gasteiger partial charge in [-0.25, -0.2) is 0 Å². The van der Waals surface area contributed by atoms with E-state index in [1.807, 2.05) is 0 Å². The van der Waals surface area contributed by atoms with Crippen LogP contribution in [0, 0.1) is 6.92 Å². The predicted octanol–water partition coefficient (Wildman–Crippen LogP) is 1.43. The second kappa shape index (κ2) is 6.32. The molecule has 0 saturated carbocycles. The molecule has 0 atom stereocenters. The first-order chi connectivity index (χ1) is 9.97. The highest BCUT2D eigenvalue weighted by atomic mass is 32.1. The van der Waals surface area contributed by atoms with Gasteiger partial charge in [-0.1, -0.05) is 18.3 Å². The van der Waals surface area contributed by atoms with Crippen molar-refractivity contribution in [3.8, 4) is 0 Å². The van der Waals surface area contributed by atoms with E-state index in [1.165, 1.54) is 4.57 Å². The molecule has 0 radical (unpaired) electrons. The lowest BCUT2D eigenvalue weighted by atomic mass is 10.2. The Morgan fingerprint density at radius 3 is 2.57 bits per heavy atom. The number of aryl methyl sites for hydroxylation is 1. The monoisotopic (exact) mass is 301 g/mol. The fourth-order valence-corrected chi connectivity index (χ4v) is 1.99. The molecule has 6 heteroatoms. The molecule has 0 bridgehead atoms. The molecule has 1 aromatic carbocycles. The molecule has 1 amide bonds. The molecule has 0 saturated heterocycles. The molecule has 0 aliphatic carbocycles. The van der Waals surface area contributed by atoms with Gasteiger partial charge >= 0.3 is 0 Å². The molecule has 3 N–H and O–H groups in total. The Morgan fingerprint density at radius 2 is 1.95 bits per heavy atom. The van der Waals surface area contributed by atoms with E-state index >= 15 is 0 Å². The van der Waals surface area contributed by atoms with Crippen molar-refractivity contribution in [2.75, 3.05) is 5.32 Å². The Kier molecular flexibility index (Phi) is 4.49. The van der Waals surface area contributed by atoms with Crippen LogP contribution in [0.25, 0.3) is 0 Å². The number of nitrogens with one attached hydrogen (secondary N) is 1. The fraction of sp³-hybridized carbons (Fsp3) is 0.133. The first-order valence-corrected chi connectivity index (χ1v) is 6.74. The summed E-state index contributed by atoms with van der Waals surface area (Å²) in [5.74, 6) is -0.272. The molecule has 0 aliphatic heterocycles. The number of pyridine rings is 1. The summed E-state index contributed by atoms with van der Waals surface area (Å²) in [6.45, 7) is 1.68. The van der Waals surface area contributed by atoms with Gasteiger partial charge in [0.05, 0.1) is 0 Å². The predicted molar refractivity (Wildman–Crippen MR) is 86.4 cm³/mol. The SMILES string of the molecule is Cc1cccn(CC(=O)Nc2ccc(C(N)=S)cc2)c1=O. The maximum atomic E-state index is 11.9. The summed E-state index contributed by atoms with van der Waals surface area (Å²) in [4.78, 5) is 24.1. The molecule has 1 aromatic heterocycles. The second-order valence-corrected chi connectivity index (χ2v) is 5.05. The molecule has 0 aliphatic rings. The van der Waals surface area contributed by atoms with Gasteiger partial charge in [-0.15, -0.1) is 0 Å². The van der Waals surface area contributed by atoms with E-state index < -0.39 is 0 Å². The Hall–Kier alpha value is -2.47. The van der Waals surface area contributed by atoms with E-state index in [9.17, 15) is 9.59 Å². The maximum absolute atomic E-state index is 11.9. The van der Waals surface area contributed by atoms with Gasteiger partial charge in [-0.2, -0.15) is 0 Å². The molecule has 2 aromatic rings. The van der Waals surface area contributed by atoms with Gasteiger partial charge in [0.15, 0.2) is 0 Å². The summed E-state index contributed by atoms with van der Waals surface area (Å²) in [5.41, 5.74) is 7.30. The van der Waals surface area contributed by atoms with Gasteiger partial charge in [0, 0.05) is 23.0 Å². The number of thiocarbonyl (C=S) groups is 1. The van der Waals surface area contributed by atoms with Crippen LogP contribution >= 0.6 is 12.2 Å². The van der Waals surface area contributed by atoms with Crippen LogP contribution in [0.5, 0.6) is 0 Å². The Labute approximate surface area is 127 Å². The minimum atomic E-state index is -0.272. The van der Waals surface area contributed by atoms with Crippen molar-refractivity contribution in [2.24, 2.45) is 5.73 Å². The number of nitrogens with zero attached hydrogens (tertiary/aromatic N) is 1. The summed E-state index contributed by atoms with van der Waals surface area (Å²) >= 11 is 4.86. The summed E-state index contributed by atoms with van der Waals surface area (Å²) in [7, 11) is 0. The van der Waals surface area contributed by atoms with Crippen molar-refractivity contribution in [1.29, 1.82) is 0 Å². The van der Waals surface area contributed by atoms with Crippen molar-refractivity contribution in [3.63, 3.8) is 0 Å². The van der Waals surface area contributed by atoms with Crippen LogP contribution in [-0.2, 0) is 11.3 Å². The standard InChI is InChI=1S/C15H15N3O2S/c1-10-3-2-8-18(15(10)20)9-13(19)17-12-6-4-11(5-7-12)14(16)21/h2-8H,9H2,1H3,(H2,16,21)(H,17,19). The Bertz CT molecular complexity index is 735. The largest absolute Gasteiger partial charge is 0.389 e. The number of benzene rings is 1. The number of rotatable bonds is 4. The number of anilines is 1. The van der Waals surface area contributed by atoms with Gasteiger partial charge in [0.25, 0.3) is 5.56 Å². The third-order valence-electron chi connectivity index (χ3n) is 2.98. The summed E-state index contributed by atoms with van der Waals surface area (Å²) in [5, 5.41) is 2.72. The smallest absolute Gasteiger partial charge is 0.253 e. The van der Waals surface area contributed by atoms with Crippen LogP contribution < -0.4 is 16.6 Å². The highest BCUT2D eigenvalue weighted by Crippen LogP contribution is 2.09. The average Bonchev–Trinajstić information content (AvgIpc) is 2.44. The van der Waals surface area contributed by atoms with Crippen LogP contribution in [0.2, 0.25) is 0 Å². The molecule has 0 spiro atoms. The molecule has 5 nitrogen and oxygen atoms in total. The van der Waals surface area contributed by atoms with Gasteiger partial charge in [0.1, 0.15) is 11.5 Å². The molecule has 21 heavy (non-hydrogen) atoms. The zero-order chi connectivity index (χ0) is 15.4. The van der Waals surface area contributed by atoms with E-state index in [0.717, 1.165) is 5.56 Å². The lowest BCUT2D eigenvalue weighted by Gasteiger charge is -2.08. The van der Waals surface area contributed by atoms with Crippen LogP contribution in [0.4, 0.5) is 5.69 Å². The summed E-state index contributed by atoms with van der Waals surface area (Å²) < 4.78 is 1.37. The zero-order valence-corrected chi connectivity index (χ0v) is 12.3. The van der Waals surface area contributed by atoms with Crippen LogP contribution in [0.1, 0.15) is 11.1 Å². The number of carbonyl (C=O) groups excluding carboxylic acids is 1. The minimum absolute atomic E-state index is 0.0302. The van der Waals surface area contributed by atoms with Crippen LogP contribution in [0.3, 0.4) is 0 Å². The summed E-state index contributed by atoms with van der Waals surface area (Å²) in [6.07, 6.45) is 1.59.